The fraction of sp³-hybridized carbons (Fsp3) is 0.0980. The molecule has 0 bridgehead atoms. The highest BCUT2D eigenvalue weighted by Gasteiger charge is 2.23. The van der Waals surface area contributed by atoms with Gasteiger partial charge in [-0.2, -0.15) is 0 Å². The van der Waals surface area contributed by atoms with Crippen molar-refractivity contribution in [1.29, 1.82) is 0 Å². The summed E-state index contributed by atoms with van der Waals surface area (Å²) in [6, 6.07) is 62.5. The molecule has 0 saturated carbocycles. The van der Waals surface area contributed by atoms with E-state index in [2.05, 4.69) is 205 Å². The van der Waals surface area contributed by atoms with Gasteiger partial charge in [0.25, 0.3) is 0 Å². The first-order chi connectivity index (χ1) is 26.0. The molecule has 0 saturated heterocycles. The summed E-state index contributed by atoms with van der Waals surface area (Å²) < 4.78 is 4.79. The molecule has 1 aliphatic rings. The summed E-state index contributed by atoms with van der Waals surface area (Å²) in [7, 11) is 0. The second kappa shape index (κ2) is 12.4. The monoisotopic (exact) mass is 680 g/mol. The van der Waals surface area contributed by atoms with E-state index < -0.39 is 0 Å². The summed E-state index contributed by atoms with van der Waals surface area (Å²) in [6.07, 6.45) is 6.81. The minimum Gasteiger partial charge on any atom is -0.310 e. The molecule has 0 spiro atoms. The van der Waals surface area contributed by atoms with Gasteiger partial charge >= 0.3 is 0 Å². The van der Waals surface area contributed by atoms with Gasteiger partial charge < -0.3 is 9.13 Å². The van der Waals surface area contributed by atoms with Crippen LogP contribution in [0.2, 0.25) is 0 Å². The van der Waals surface area contributed by atoms with Gasteiger partial charge in [-0.1, -0.05) is 147 Å². The van der Waals surface area contributed by atoms with Crippen LogP contribution in [0.25, 0.3) is 72.4 Å². The average molecular weight is 681 g/mol. The zero-order valence-electron chi connectivity index (χ0n) is 30.1. The Balaban J connectivity index is 0.883. The van der Waals surface area contributed by atoms with E-state index in [0.717, 1.165) is 12.8 Å². The molecule has 10 rings (SSSR count). The molecule has 1 aliphatic carbocycles. The van der Waals surface area contributed by atoms with E-state index in [0.29, 0.717) is 0 Å². The number of aromatic nitrogens is 2. The van der Waals surface area contributed by atoms with Crippen LogP contribution in [0.1, 0.15) is 42.7 Å². The van der Waals surface area contributed by atoms with Crippen LogP contribution < -0.4 is 0 Å². The van der Waals surface area contributed by atoms with E-state index in [1.807, 2.05) is 0 Å². The van der Waals surface area contributed by atoms with E-state index in [-0.39, 0.29) is 5.41 Å². The number of fused-ring (bicyclic) bond motifs is 6. The Morgan fingerprint density at radius 3 is 1.30 bits per heavy atom. The van der Waals surface area contributed by atoms with E-state index in [9.17, 15) is 0 Å². The van der Waals surface area contributed by atoms with Crippen LogP contribution in [0.4, 0.5) is 0 Å². The topological polar surface area (TPSA) is 9.86 Å². The Morgan fingerprint density at radius 2 is 0.811 bits per heavy atom. The van der Waals surface area contributed by atoms with E-state index >= 15 is 0 Å². The van der Waals surface area contributed by atoms with Crippen LogP contribution in [-0.4, -0.2) is 9.13 Å². The summed E-state index contributed by atoms with van der Waals surface area (Å²) in [6.45, 7) is 4.64. The van der Waals surface area contributed by atoms with E-state index in [4.69, 9.17) is 0 Å². The largest absolute Gasteiger partial charge is 0.310 e. The standard InChI is InChI=1S/C51H40N2/c1-51(2,39-27-19-35(20-28-39)37-23-31-41(32-24-37)52-47-15-7-3-11-43(47)44-12-4-8-16-48(44)52)40-29-21-36(22-30-40)38-25-33-42(34-26-38)53-49-17-9-5-13-45(49)46-14-6-10-18-50(46)53/h3-5,7-13,15-34H,6,14H2,1-2H3. The second-order valence-electron chi connectivity index (χ2n) is 14.9. The van der Waals surface area contributed by atoms with Crippen LogP contribution in [0.5, 0.6) is 0 Å². The van der Waals surface area contributed by atoms with Crippen molar-refractivity contribution in [1.82, 2.24) is 9.13 Å². The number of hydrogen-bond donors (Lipinski definition) is 0. The van der Waals surface area contributed by atoms with Crippen molar-refractivity contribution >= 4 is 38.8 Å². The molecule has 7 aromatic carbocycles. The summed E-state index contributed by atoms with van der Waals surface area (Å²) in [5.74, 6) is 0. The Kier molecular flexibility index (Phi) is 7.33. The number of benzene rings is 7. The highest BCUT2D eigenvalue weighted by molar-refractivity contribution is 6.09. The molecule has 2 heteroatoms. The maximum absolute atomic E-state index is 2.42. The number of nitrogens with zero attached hydrogens (tertiary/aromatic N) is 2. The van der Waals surface area contributed by atoms with Gasteiger partial charge in [0.1, 0.15) is 0 Å². The molecule has 53 heavy (non-hydrogen) atoms. The number of rotatable bonds is 6. The summed E-state index contributed by atoms with van der Waals surface area (Å²) in [4.78, 5) is 0. The molecular weight excluding hydrogens is 641 g/mol. The van der Waals surface area contributed by atoms with Crippen LogP contribution in [-0.2, 0) is 11.8 Å². The van der Waals surface area contributed by atoms with Gasteiger partial charge in [-0.25, -0.2) is 0 Å². The third-order valence-corrected chi connectivity index (χ3v) is 11.6. The fourth-order valence-electron chi connectivity index (χ4n) is 8.60. The lowest BCUT2D eigenvalue weighted by molar-refractivity contribution is 0.641. The highest BCUT2D eigenvalue weighted by Crippen LogP contribution is 2.37. The third kappa shape index (κ3) is 5.17. The van der Waals surface area contributed by atoms with Crippen LogP contribution in [0.15, 0.2) is 176 Å². The van der Waals surface area contributed by atoms with Gasteiger partial charge in [-0.05, 0) is 100 Å². The van der Waals surface area contributed by atoms with Crippen LogP contribution in [0.3, 0.4) is 0 Å². The lowest BCUT2D eigenvalue weighted by Gasteiger charge is -2.26. The minimum absolute atomic E-state index is 0.136. The Morgan fingerprint density at radius 1 is 0.415 bits per heavy atom. The first-order valence-corrected chi connectivity index (χ1v) is 18.7. The summed E-state index contributed by atoms with van der Waals surface area (Å²) in [5.41, 5.74) is 16.3. The molecule has 0 N–H and O–H groups in total. The van der Waals surface area contributed by atoms with Gasteiger partial charge in [0, 0.05) is 38.6 Å². The fourth-order valence-corrected chi connectivity index (χ4v) is 8.60. The average Bonchev–Trinajstić information content (AvgIpc) is 3.74. The van der Waals surface area contributed by atoms with E-state index in [1.165, 1.54) is 88.7 Å². The quantitative estimate of drug-likeness (QED) is 0.165. The summed E-state index contributed by atoms with van der Waals surface area (Å²) in [5, 5.41) is 3.94. The zero-order chi connectivity index (χ0) is 35.5. The van der Waals surface area contributed by atoms with Crippen LogP contribution >= 0.6 is 0 Å². The number of aryl methyl sites for hydroxylation is 1. The Bertz CT molecular complexity index is 2750. The van der Waals surface area contributed by atoms with Gasteiger partial charge in [-0.15, -0.1) is 0 Å². The third-order valence-electron chi connectivity index (χ3n) is 11.6. The number of allylic oxidation sites excluding steroid dienone is 1. The number of para-hydroxylation sites is 3. The van der Waals surface area contributed by atoms with Gasteiger partial charge in [0.15, 0.2) is 0 Å². The molecule has 0 amide bonds. The molecule has 0 unspecified atom stereocenters. The first-order valence-electron chi connectivity index (χ1n) is 18.7. The second-order valence-corrected chi connectivity index (χ2v) is 14.9. The Hall–Kier alpha value is -6.38. The van der Waals surface area contributed by atoms with Gasteiger partial charge in [0.2, 0.25) is 0 Å². The van der Waals surface area contributed by atoms with Crippen molar-refractivity contribution in [2.75, 3.05) is 0 Å². The SMILES string of the molecule is CC(C)(c1ccc(-c2ccc(-n3c4c(c5ccccc53)CCC=C4)cc2)cc1)c1ccc(-c2ccc(-n3c4ccccc4c4ccccc43)cc2)cc1. The molecule has 0 aliphatic heterocycles. The van der Waals surface area contributed by atoms with E-state index in [1.54, 1.807) is 0 Å². The highest BCUT2D eigenvalue weighted by atomic mass is 15.0. The predicted molar refractivity (Wildman–Crippen MR) is 224 cm³/mol. The van der Waals surface area contributed by atoms with Crippen molar-refractivity contribution < 1.29 is 0 Å². The zero-order valence-corrected chi connectivity index (χ0v) is 30.1. The van der Waals surface area contributed by atoms with Crippen molar-refractivity contribution in [3.63, 3.8) is 0 Å². The maximum atomic E-state index is 2.42. The van der Waals surface area contributed by atoms with Crippen molar-refractivity contribution in [2.24, 2.45) is 0 Å². The molecule has 0 atom stereocenters. The van der Waals surface area contributed by atoms with Gasteiger partial charge in [0.05, 0.1) is 16.6 Å². The van der Waals surface area contributed by atoms with Crippen molar-refractivity contribution in [3.05, 3.63) is 198 Å². The summed E-state index contributed by atoms with van der Waals surface area (Å²) >= 11 is 0. The Labute approximate surface area is 310 Å². The lowest BCUT2D eigenvalue weighted by atomic mass is 9.77. The van der Waals surface area contributed by atoms with Crippen molar-refractivity contribution in [3.8, 4) is 33.6 Å². The predicted octanol–water partition coefficient (Wildman–Crippen LogP) is 13.3. The van der Waals surface area contributed by atoms with Crippen molar-refractivity contribution in [2.45, 2.75) is 32.1 Å². The first kappa shape index (κ1) is 31.4. The minimum atomic E-state index is -0.136. The molecule has 2 heterocycles. The smallest absolute Gasteiger partial charge is 0.0541 e. The molecule has 254 valence electrons. The lowest BCUT2D eigenvalue weighted by Crippen LogP contribution is -2.18. The van der Waals surface area contributed by atoms with Gasteiger partial charge in [-0.3, -0.25) is 0 Å². The molecule has 9 aromatic rings. The normalized spacial score (nSPS) is 12.9. The molecule has 2 nitrogen and oxygen atoms in total. The molecular formula is C51H40N2. The van der Waals surface area contributed by atoms with Crippen LogP contribution in [0, 0.1) is 0 Å². The maximum Gasteiger partial charge on any atom is 0.0541 e. The molecule has 2 aromatic heterocycles. The molecule has 0 radical (unpaired) electrons. The number of hydrogen-bond acceptors (Lipinski definition) is 0. The molecule has 0 fully saturated rings.